The standard InChI is InChI=1S/C18H34Br4O/c1-2-3-4-5-6-8-11-15(19)17(21)14-18(22)16(20)12-9-7-10-13-23/h15-18,23H,2-14H2,1H3. The smallest absolute Gasteiger partial charge is 0.0431 e. The second-order valence-corrected chi connectivity index (χ2v) is 11.1. The van der Waals surface area contributed by atoms with Crippen LogP contribution < -0.4 is 0 Å². The quantitative estimate of drug-likeness (QED) is 0.145. The van der Waals surface area contributed by atoms with E-state index in [9.17, 15) is 0 Å². The van der Waals surface area contributed by atoms with Crippen molar-refractivity contribution in [2.75, 3.05) is 6.61 Å². The van der Waals surface area contributed by atoms with E-state index in [2.05, 4.69) is 70.6 Å². The number of unbranched alkanes of at least 4 members (excludes halogenated alkanes) is 7. The van der Waals surface area contributed by atoms with Gasteiger partial charge < -0.3 is 5.11 Å². The van der Waals surface area contributed by atoms with Gasteiger partial charge in [-0.05, 0) is 25.7 Å². The summed E-state index contributed by atoms with van der Waals surface area (Å²) in [4.78, 5) is 2.07. The average Bonchev–Trinajstić information content (AvgIpc) is 2.54. The highest BCUT2D eigenvalue weighted by Crippen LogP contribution is 2.31. The molecule has 1 N–H and O–H groups in total. The Morgan fingerprint density at radius 3 is 1.52 bits per heavy atom. The highest BCUT2D eigenvalue weighted by Gasteiger charge is 2.23. The molecule has 0 amide bonds. The first-order valence-corrected chi connectivity index (χ1v) is 12.9. The second kappa shape index (κ2) is 17.3. The minimum atomic E-state index is 0.317. The van der Waals surface area contributed by atoms with E-state index in [0.717, 1.165) is 19.3 Å². The van der Waals surface area contributed by atoms with E-state index in [0.29, 0.717) is 25.9 Å². The molecule has 0 rings (SSSR count). The topological polar surface area (TPSA) is 20.2 Å². The van der Waals surface area contributed by atoms with E-state index in [-0.39, 0.29) is 0 Å². The molecule has 0 radical (unpaired) electrons. The van der Waals surface area contributed by atoms with Crippen molar-refractivity contribution >= 4 is 63.7 Å². The largest absolute Gasteiger partial charge is 0.396 e. The van der Waals surface area contributed by atoms with Crippen LogP contribution in [0.2, 0.25) is 0 Å². The van der Waals surface area contributed by atoms with Gasteiger partial charge in [0.25, 0.3) is 0 Å². The van der Waals surface area contributed by atoms with Crippen molar-refractivity contribution in [3.63, 3.8) is 0 Å². The van der Waals surface area contributed by atoms with Crippen LogP contribution in [-0.2, 0) is 0 Å². The van der Waals surface area contributed by atoms with E-state index >= 15 is 0 Å². The average molecular weight is 586 g/mol. The third-order valence-corrected chi connectivity index (χ3v) is 9.84. The molecule has 0 aromatic heterocycles. The fourth-order valence-electron chi connectivity index (χ4n) is 2.62. The van der Waals surface area contributed by atoms with Gasteiger partial charge >= 0.3 is 0 Å². The van der Waals surface area contributed by atoms with Gasteiger partial charge in [0.05, 0.1) is 0 Å². The monoisotopic (exact) mass is 582 g/mol. The van der Waals surface area contributed by atoms with Crippen molar-refractivity contribution in [2.24, 2.45) is 0 Å². The number of hydrogen-bond acceptors (Lipinski definition) is 1. The lowest BCUT2D eigenvalue weighted by Gasteiger charge is -2.23. The number of alkyl halides is 4. The van der Waals surface area contributed by atoms with Crippen LogP contribution in [0.1, 0.15) is 84.0 Å². The first-order chi connectivity index (χ1) is 11.0. The van der Waals surface area contributed by atoms with Gasteiger partial charge in [-0.3, -0.25) is 0 Å². The summed E-state index contributed by atoms with van der Waals surface area (Å²) in [7, 11) is 0. The molecule has 0 bridgehead atoms. The van der Waals surface area contributed by atoms with Crippen molar-refractivity contribution in [3.8, 4) is 0 Å². The lowest BCUT2D eigenvalue weighted by atomic mass is 10.0. The van der Waals surface area contributed by atoms with Crippen LogP contribution in [-0.4, -0.2) is 31.0 Å². The number of aliphatic hydroxyl groups is 1. The van der Waals surface area contributed by atoms with Crippen LogP contribution in [0, 0.1) is 0 Å². The van der Waals surface area contributed by atoms with Gasteiger partial charge in [0.2, 0.25) is 0 Å². The molecular weight excluding hydrogens is 552 g/mol. The van der Waals surface area contributed by atoms with Gasteiger partial charge in [-0.15, -0.1) is 0 Å². The first kappa shape index (κ1) is 24.9. The maximum Gasteiger partial charge on any atom is 0.0431 e. The lowest BCUT2D eigenvalue weighted by molar-refractivity contribution is 0.282. The molecule has 5 heteroatoms. The zero-order valence-electron chi connectivity index (χ0n) is 14.5. The van der Waals surface area contributed by atoms with Crippen molar-refractivity contribution < 1.29 is 5.11 Å². The molecule has 0 aromatic carbocycles. The molecule has 0 heterocycles. The van der Waals surface area contributed by atoms with E-state index < -0.39 is 0 Å². The van der Waals surface area contributed by atoms with Gasteiger partial charge in [-0.1, -0.05) is 122 Å². The molecule has 0 aliphatic heterocycles. The maximum atomic E-state index is 8.82. The molecule has 4 atom stereocenters. The summed E-state index contributed by atoms with van der Waals surface area (Å²) in [5.74, 6) is 0. The van der Waals surface area contributed by atoms with Gasteiger partial charge in [-0.2, -0.15) is 0 Å². The Morgan fingerprint density at radius 2 is 1.04 bits per heavy atom. The van der Waals surface area contributed by atoms with Gasteiger partial charge in [0.1, 0.15) is 0 Å². The summed E-state index contributed by atoms with van der Waals surface area (Å²) in [6, 6.07) is 0. The molecule has 0 saturated carbocycles. The summed E-state index contributed by atoms with van der Waals surface area (Å²) in [5, 5.41) is 8.82. The fourth-order valence-corrected chi connectivity index (χ4v) is 5.53. The molecule has 0 saturated heterocycles. The summed E-state index contributed by atoms with van der Waals surface area (Å²) < 4.78 is 0. The van der Waals surface area contributed by atoms with Crippen LogP contribution in [0.15, 0.2) is 0 Å². The Bertz CT molecular complexity index is 253. The van der Waals surface area contributed by atoms with Gasteiger partial charge in [0, 0.05) is 25.9 Å². The predicted octanol–water partition coefficient (Wildman–Crippen LogP) is 7.73. The normalized spacial score (nSPS) is 17.0. The lowest BCUT2D eigenvalue weighted by Crippen LogP contribution is -2.23. The van der Waals surface area contributed by atoms with Crippen LogP contribution in [0.25, 0.3) is 0 Å². The number of rotatable bonds is 16. The van der Waals surface area contributed by atoms with E-state index in [1.54, 1.807) is 0 Å². The van der Waals surface area contributed by atoms with Crippen molar-refractivity contribution in [1.82, 2.24) is 0 Å². The van der Waals surface area contributed by atoms with Gasteiger partial charge in [-0.25, -0.2) is 0 Å². The Hall–Kier alpha value is 1.88. The molecule has 4 unspecified atom stereocenters. The third-order valence-electron chi connectivity index (χ3n) is 4.21. The SMILES string of the molecule is CCCCCCCCC(Br)C(Br)CC(Br)C(Br)CCCCCO. The summed E-state index contributed by atoms with van der Waals surface area (Å²) in [6.07, 6.45) is 15.0. The molecule has 0 aromatic rings. The molecule has 1 nitrogen and oxygen atoms in total. The van der Waals surface area contributed by atoms with E-state index in [1.807, 2.05) is 0 Å². The molecular formula is C18H34Br4O. The summed E-state index contributed by atoms with van der Waals surface area (Å²) in [5.41, 5.74) is 0. The van der Waals surface area contributed by atoms with Crippen molar-refractivity contribution in [3.05, 3.63) is 0 Å². The molecule has 0 aliphatic carbocycles. The number of halogens is 4. The fraction of sp³-hybridized carbons (Fsp3) is 1.00. The molecule has 0 fully saturated rings. The third kappa shape index (κ3) is 14.7. The van der Waals surface area contributed by atoms with Crippen LogP contribution in [0.4, 0.5) is 0 Å². The zero-order valence-corrected chi connectivity index (χ0v) is 20.8. The highest BCUT2D eigenvalue weighted by atomic mass is 79.9. The number of aliphatic hydroxyl groups excluding tert-OH is 1. The summed E-state index contributed by atoms with van der Waals surface area (Å²) >= 11 is 15.4. The molecule has 0 spiro atoms. The minimum absolute atomic E-state index is 0.317. The maximum absolute atomic E-state index is 8.82. The highest BCUT2D eigenvalue weighted by molar-refractivity contribution is 9.13. The van der Waals surface area contributed by atoms with E-state index in [1.165, 1.54) is 57.8 Å². The van der Waals surface area contributed by atoms with Gasteiger partial charge in [0.15, 0.2) is 0 Å². The van der Waals surface area contributed by atoms with E-state index in [4.69, 9.17) is 5.11 Å². The molecule has 140 valence electrons. The Morgan fingerprint density at radius 1 is 0.609 bits per heavy atom. The molecule has 23 heavy (non-hydrogen) atoms. The number of hydrogen-bond donors (Lipinski definition) is 1. The molecule has 0 aliphatic rings. The Labute approximate surface area is 177 Å². The van der Waals surface area contributed by atoms with Crippen molar-refractivity contribution in [2.45, 2.75) is 103 Å². The van der Waals surface area contributed by atoms with Crippen molar-refractivity contribution in [1.29, 1.82) is 0 Å². The zero-order chi connectivity index (χ0) is 17.5. The van der Waals surface area contributed by atoms with Crippen LogP contribution >= 0.6 is 63.7 Å². The Balaban J connectivity index is 3.76. The summed E-state index contributed by atoms with van der Waals surface area (Å²) in [6.45, 7) is 2.59. The Kier molecular flexibility index (Phi) is 18.7. The predicted molar refractivity (Wildman–Crippen MR) is 119 cm³/mol. The van der Waals surface area contributed by atoms with Crippen LogP contribution in [0.3, 0.4) is 0 Å². The first-order valence-electron chi connectivity index (χ1n) is 9.20. The van der Waals surface area contributed by atoms with Crippen LogP contribution in [0.5, 0.6) is 0 Å². The second-order valence-electron chi connectivity index (χ2n) is 6.43. The minimum Gasteiger partial charge on any atom is -0.396 e.